The van der Waals surface area contributed by atoms with E-state index >= 15 is 0 Å². The SMILES string of the molecule is CN=C(NCCCC1CCCCC1)NCC(=O)N(C)CCc1ccccn1.I. The predicted molar refractivity (Wildman–Crippen MR) is 126 cm³/mol. The van der Waals surface area contributed by atoms with E-state index < -0.39 is 0 Å². The van der Waals surface area contributed by atoms with E-state index in [1.165, 1.54) is 38.5 Å². The molecular formula is C21H36IN5O. The normalized spacial score (nSPS) is 14.9. The number of hydrogen-bond donors (Lipinski definition) is 2. The minimum atomic E-state index is 0. The summed E-state index contributed by atoms with van der Waals surface area (Å²) >= 11 is 0. The summed E-state index contributed by atoms with van der Waals surface area (Å²) in [5.74, 6) is 1.66. The molecule has 1 saturated carbocycles. The van der Waals surface area contributed by atoms with Crippen LogP contribution < -0.4 is 10.6 Å². The molecule has 0 bridgehead atoms. The predicted octanol–water partition coefficient (Wildman–Crippen LogP) is 3.23. The summed E-state index contributed by atoms with van der Waals surface area (Å²) in [6.45, 7) is 1.81. The number of carbonyl (C=O) groups is 1. The van der Waals surface area contributed by atoms with E-state index in [4.69, 9.17) is 0 Å². The second kappa shape index (κ2) is 14.6. The first kappa shape index (κ1) is 24.7. The van der Waals surface area contributed by atoms with Crippen LogP contribution in [-0.4, -0.2) is 55.5 Å². The van der Waals surface area contributed by atoms with Crippen LogP contribution >= 0.6 is 24.0 Å². The highest BCUT2D eigenvalue weighted by Crippen LogP contribution is 2.26. The average Bonchev–Trinajstić information content (AvgIpc) is 2.72. The summed E-state index contributed by atoms with van der Waals surface area (Å²) < 4.78 is 0. The monoisotopic (exact) mass is 501 g/mol. The van der Waals surface area contributed by atoms with Crippen molar-refractivity contribution in [1.29, 1.82) is 0 Å². The van der Waals surface area contributed by atoms with E-state index in [1.807, 2.05) is 25.2 Å². The second-order valence-corrected chi connectivity index (χ2v) is 7.39. The van der Waals surface area contributed by atoms with Crippen LogP contribution in [0.15, 0.2) is 29.4 Å². The Bertz CT molecular complexity index is 575. The lowest BCUT2D eigenvalue weighted by atomic mass is 9.86. The molecule has 28 heavy (non-hydrogen) atoms. The molecule has 1 aliphatic rings. The molecule has 0 aromatic carbocycles. The fourth-order valence-corrected chi connectivity index (χ4v) is 3.54. The highest BCUT2D eigenvalue weighted by Gasteiger charge is 2.13. The number of likely N-dealkylation sites (N-methyl/N-ethyl adjacent to an activating group) is 1. The van der Waals surface area contributed by atoms with Gasteiger partial charge in [0.25, 0.3) is 0 Å². The number of nitrogens with one attached hydrogen (secondary N) is 2. The van der Waals surface area contributed by atoms with Crippen LogP contribution in [0.2, 0.25) is 0 Å². The van der Waals surface area contributed by atoms with Crippen molar-refractivity contribution in [2.24, 2.45) is 10.9 Å². The summed E-state index contributed by atoms with van der Waals surface area (Å²) in [6.07, 6.45) is 12.0. The van der Waals surface area contributed by atoms with Gasteiger partial charge in [-0.1, -0.05) is 38.2 Å². The number of halogens is 1. The molecule has 6 nitrogen and oxygen atoms in total. The van der Waals surface area contributed by atoms with E-state index in [2.05, 4.69) is 20.6 Å². The number of amides is 1. The third-order valence-corrected chi connectivity index (χ3v) is 5.29. The standard InChI is InChI=1S/C21H35N5O.HI/c1-22-21(24-15-8-11-18-9-4-3-5-10-18)25-17-20(27)26(2)16-13-19-12-6-7-14-23-19;/h6-7,12,14,18H,3-5,8-11,13,15-17H2,1-2H3,(H2,22,24,25);1H. The molecule has 1 aromatic heterocycles. The van der Waals surface area contributed by atoms with E-state index in [0.29, 0.717) is 12.5 Å². The zero-order chi connectivity index (χ0) is 19.3. The van der Waals surface area contributed by atoms with Crippen LogP contribution in [0.3, 0.4) is 0 Å². The average molecular weight is 501 g/mol. The molecule has 1 aliphatic carbocycles. The third kappa shape index (κ3) is 9.71. The highest BCUT2D eigenvalue weighted by molar-refractivity contribution is 14.0. The molecule has 1 aromatic rings. The first-order chi connectivity index (χ1) is 13.2. The summed E-state index contributed by atoms with van der Waals surface area (Å²) in [4.78, 5) is 22.5. The summed E-state index contributed by atoms with van der Waals surface area (Å²) in [5.41, 5.74) is 1.00. The lowest BCUT2D eigenvalue weighted by molar-refractivity contribution is -0.128. The van der Waals surface area contributed by atoms with Gasteiger partial charge in [0.2, 0.25) is 5.91 Å². The van der Waals surface area contributed by atoms with Gasteiger partial charge < -0.3 is 15.5 Å². The highest BCUT2D eigenvalue weighted by atomic mass is 127. The number of carbonyl (C=O) groups excluding carboxylic acids is 1. The first-order valence-corrected chi connectivity index (χ1v) is 10.3. The van der Waals surface area contributed by atoms with E-state index in [0.717, 1.165) is 31.0 Å². The minimum Gasteiger partial charge on any atom is -0.356 e. The molecular weight excluding hydrogens is 465 g/mol. The van der Waals surface area contributed by atoms with Crippen LogP contribution in [0, 0.1) is 5.92 Å². The summed E-state index contributed by atoms with van der Waals surface area (Å²) in [7, 11) is 3.57. The lowest BCUT2D eigenvalue weighted by Gasteiger charge is -2.21. The zero-order valence-corrected chi connectivity index (χ0v) is 19.7. The second-order valence-electron chi connectivity index (χ2n) is 7.39. The van der Waals surface area contributed by atoms with Crippen molar-refractivity contribution < 1.29 is 4.79 Å². The molecule has 1 fully saturated rings. The molecule has 158 valence electrons. The Labute approximate surface area is 187 Å². The third-order valence-electron chi connectivity index (χ3n) is 5.29. The Morgan fingerprint density at radius 3 is 2.71 bits per heavy atom. The number of nitrogens with zero attached hydrogens (tertiary/aromatic N) is 3. The van der Waals surface area contributed by atoms with Gasteiger partial charge in [-0.25, -0.2) is 0 Å². The molecule has 2 rings (SSSR count). The van der Waals surface area contributed by atoms with Gasteiger partial charge in [-0.2, -0.15) is 0 Å². The van der Waals surface area contributed by atoms with Crippen molar-refractivity contribution in [3.8, 4) is 0 Å². The maximum atomic E-state index is 12.3. The van der Waals surface area contributed by atoms with Gasteiger partial charge in [0, 0.05) is 45.5 Å². The Hall–Kier alpha value is -1.38. The van der Waals surface area contributed by atoms with Crippen molar-refractivity contribution >= 4 is 35.8 Å². The van der Waals surface area contributed by atoms with Gasteiger partial charge in [0.1, 0.15) is 0 Å². The maximum Gasteiger partial charge on any atom is 0.241 e. The van der Waals surface area contributed by atoms with Crippen LogP contribution in [0.1, 0.15) is 50.6 Å². The van der Waals surface area contributed by atoms with Gasteiger partial charge >= 0.3 is 0 Å². The van der Waals surface area contributed by atoms with Crippen LogP contribution in [0.4, 0.5) is 0 Å². The topological polar surface area (TPSA) is 69.6 Å². The molecule has 0 atom stereocenters. The molecule has 0 saturated heterocycles. The van der Waals surface area contributed by atoms with Crippen molar-refractivity contribution in [1.82, 2.24) is 20.5 Å². The van der Waals surface area contributed by atoms with Crippen molar-refractivity contribution in [3.05, 3.63) is 30.1 Å². The summed E-state index contributed by atoms with van der Waals surface area (Å²) in [5, 5.41) is 6.44. The van der Waals surface area contributed by atoms with Gasteiger partial charge in [-0.05, 0) is 30.9 Å². The molecule has 7 heteroatoms. The van der Waals surface area contributed by atoms with E-state index in [1.54, 1.807) is 18.1 Å². The largest absolute Gasteiger partial charge is 0.356 e. The fraction of sp³-hybridized carbons (Fsp3) is 0.667. The van der Waals surface area contributed by atoms with Gasteiger partial charge in [-0.3, -0.25) is 14.8 Å². The molecule has 0 spiro atoms. The number of aromatic nitrogens is 1. The maximum absolute atomic E-state index is 12.3. The Kier molecular flexibility index (Phi) is 12.9. The molecule has 0 aliphatic heterocycles. The molecule has 0 radical (unpaired) electrons. The number of aliphatic imine (C=N–C) groups is 1. The van der Waals surface area contributed by atoms with Crippen molar-refractivity contribution in [2.75, 3.05) is 33.7 Å². The Balaban J connectivity index is 0.00000392. The fourth-order valence-electron chi connectivity index (χ4n) is 3.54. The zero-order valence-electron chi connectivity index (χ0n) is 17.3. The van der Waals surface area contributed by atoms with Crippen molar-refractivity contribution in [2.45, 2.75) is 51.4 Å². The van der Waals surface area contributed by atoms with Gasteiger partial charge in [-0.15, -0.1) is 24.0 Å². The van der Waals surface area contributed by atoms with E-state index in [9.17, 15) is 4.79 Å². The quantitative estimate of drug-likeness (QED) is 0.236. The molecule has 0 unspecified atom stereocenters. The Morgan fingerprint density at radius 1 is 1.25 bits per heavy atom. The van der Waals surface area contributed by atoms with Crippen LogP contribution in [0.5, 0.6) is 0 Å². The smallest absolute Gasteiger partial charge is 0.241 e. The Morgan fingerprint density at radius 2 is 2.04 bits per heavy atom. The summed E-state index contributed by atoms with van der Waals surface area (Å²) in [6, 6.07) is 5.85. The van der Waals surface area contributed by atoms with E-state index in [-0.39, 0.29) is 36.4 Å². The number of rotatable bonds is 9. The lowest BCUT2D eigenvalue weighted by Crippen LogP contribution is -2.44. The van der Waals surface area contributed by atoms with Crippen LogP contribution in [0.25, 0.3) is 0 Å². The van der Waals surface area contributed by atoms with Crippen molar-refractivity contribution in [3.63, 3.8) is 0 Å². The number of guanidine groups is 1. The van der Waals surface area contributed by atoms with Gasteiger partial charge in [0.15, 0.2) is 5.96 Å². The molecule has 2 N–H and O–H groups in total. The van der Waals surface area contributed by atoms with Crippen LogP contribution in [-0.2, 0) is 11.2 Å². The minimum absolute atomic E-state index is 0. The molecule has 1 amide bonds. The molecule has 1 heterocycles. The van der Waals surface area contributed by atoms with Gasteiger partial charge in [0.05, 0.1) is 6.54 Å². The first-order valence-electron chi connectivity index (χ1n) is 10.3. The number of pyridine rings is 1. The number of hydrogen-bond acceptors (Lipinski definition) is 3.